The van der Waals surface area contributed by atoms with Crippen molar-refractivity contribution < 1.29 is 24.3 Å². The molecule has 7 rings (SSSR count). The van der Waals surface area contributed by atoms with Crippen molar-refractivity contribution in [1.29, 1.82) is 0 Å². The minimum absolute atomic E-state index is 0.0226. The summed E-state index contributed by atoms with van der Waals surface area (Å²) >= 11 is 1.50. The number of thioether (sulfide) groups is 1. The van der Waals surface area contributed by atoms with Gasteiger partial charge < -0.3 is 10.0 Å². The van der Waals surface area contributed by atoms with Gasteiger partial charge in [0.05, 0.1) is 38.7 Å². The fourth-order valence-corrected chi connectivity index (χ4v) is 7.66. The van der Waals surface area contributed by atoms with E-state index in [0.717, 1.165) is 21.0 Å². The monoisotopic (exact) mass is 646 g/mol. The van der Waals surface area contributed by atoms with Crippen LogP contribution in [0.1, 0.15) is 67.7 Å². The van der Waals surface area contributed by atoms with E-state index in [0.29, 0.717) is 48.0 Å². The van der Waals surface area contributed by atoms with Gasteiger partial charge in [0.15, 0.2) is 0 Å². The van der Waals surface area contributed by atoms with Crippen molar-refractivity contribution in [2.45, 2.75) is 57.4 Å². The molecule has 0 spiro atoms. The minimum atomic E-state index is -0.573. The summed E-state index contributed by atoms with van der Waals surface area (Å²) in [4.78, 5) is 57.9. The van der Waals surface area contributed by atoms with Crippen molar-refractivity contribution in [3.63, 3.8) is 0 Å². The Hall–Kier alpha value is -4.96. The number of carbonyl (C=O) groups is 4. The van der Waals surface area contributed by atoms with Gasteiger partial charge in [-0.1, -0.05) is 55.1 Å². The number of benzene rings is 3. The average molecular weight is 647 g/mol. The summed E-state index contributed by atoms with van der Waals surface area (Å²) in [5.74, 6) is -1.52. The first-order valence-electron chi connectivity index (χ1n) is 15.8. The molecule has 0 unspecified atom stereocenters. The van der Waals surface area contributed by atoms with Crippen LogP contribution in [-0.2, 0) is 9.59 Å². The zero-order valence-electron chi connectivity index (χ0n) is 26.7. The average Bonchev–Trinajstić information content (AvgIpc) is 3.58. The Morgan fingerprint density at radius 2 is 1.45 bits per heavy atom. The van der Waals surface area contributed by atoms with Crippen molar-refractivity contribution >= 4 is 57.4 Å². The van der Waals surface area contributed by atoms with Crippen molar-refractivity contribution in [2.75, 3.05) is 18.0 Å². The van der Waals surface area contributed by atoms with Crippen molar-refractivity contribution in [1.82, 2.24) is 9.91 Å². The van der Waals surface area contributed by atoms with E-state index in [9.17, 15) is 24.3 Å². The standard InChI is InChI=1S/C37H34N4O5S/c1-5-25-30(36(46)41(38-25)37(2,3)4)31-32(42)24(33(31)43)20-28-39(26-16-6-7-17-27(26)47-28)18-8-9-19-40-34(44)22-14-10-12-21-13-11-15-23(29(21)22)35(40)45/h6-7,10-17,20,42H,5,8-9,18-19H2,1-4H3. The number of allylic oxidation sites excluding steroid dienone is 3. The molecule has 3 heterocycles. The second kappa shape index (κ2) is 11.4. The number of fused-ring (bicyclic) bond motifs is 1. The fraction of sp³-hybridized carbons (Fsp3) is 0.270. The van der Waals surface area contributed by atoms with E-state index >= 15 is 0 Å². The van der Waals surface area contributed by atoms with Crippen LogP contribution in [0.2, 0.25) is 0 Å². The van der Waals surface area contributed by atoms with Gasteiger partial charge in [0.2, 0.25) is 5.78 Å². The van der Waals surface area contributed by atoms with E-state index in [1.165, 1.54) is 21.7 Å². The number of hydrazone groups is 1. The van der Waals surface area contributed by atoms with Gasteiger partial charge in [-0.2, -0.15) is 5.10 Å². The maximum absolute atomic E-state index is 13.5. The Morgan fingerprint density at radius 3 is 2.06 bits per heavy atom. The first kappa shape index (κ1) is 30.7. The van der Waals surface area contributed by atoms with Crippen LogP contribution in [0.25, 0.3) is 10.8 Å². The zero-order valence-corrected chi connectivity index (χ0v) is 27.5. The van der Waals surface area contributed by atoms with Crippen LogP contribution >= 0.6 is 11.8 Å². The van der Waals surface area contributed by atoms with Crippen molar-refractivity contribution in [3.8, 4) is 0 Å². The number of rotatable bonds is 7. The van der Waals surface area contributed by atoms with Crippen LogP contribution < -0.4 is 4.90 Å². The number of carbonyl (C=O) groups excluding carboxylic acids is 4. The molecule has 1 N–H and O–H groups in total. The smallest absolute Gasteiger partial charge is 0.277 e. The SMILES string of the molecule is CCC1=NN(C(C)(C)C)C(=O)C1=C1C(=O)C(C=C2Sc3ccccc3N2CCCCN2C(=O)c3cccc4cccc(c34)C2=O)=C1O. The quantitative estimate of drug-likeness (QED) is 0.171. The number of amides is 3. The Kier molecular flexibility index (Phi) is 7.43. The van der Waals surface area contributed by atoms with E-state index in [-0.39, 0.29) is 52.5 Å². The summed E-state index contributed by atoms with van der Waals surface area (Å²) in [6.45, 7) is 8.33. The highest BCUT2D eigenvalue weighted by atomic mass is 32.2. The first-order chi connectivity index (χ1) is 22.5. The molecule has 238 valence electrons. The Morgan fingerprint density at radius 1 is 0.809 bits per heavy atom. The second-order valence-corrected chi connectivity index (χ2v) is 14.0. The summed E-state index contributed by atoms with van der Waals surface area (Å²) in [5.41, 5.74) is 2.33. The number of Topliss-reactive ketones (excluding diaryl/α,β-unsaturated/α-hetero) is 1. The predicted octanol–water partition coefficient (Wildman–Crippen LogP) is 6.77. The molecular formula is C37H34N4O5S. The molecule has 4 aliphatic rings. The Balaban J connectivity index is 1.11. The molecule has 3 aromatic rings. The summed E-state index contributed by atoms with van der Waals surface area (Å²) < 4.78 is 0. The highest BCUT2D eigenvalue weighted by molar-refractivity contribution is 8.03. The van der Waals surface area contributed by atoms with Gasteiger partial charge in [0, 0.05) is 34.5 Å². The second-order valence-electron chi connectivity index (χ2n) is 12.9. The number of anilines is 1. The van der Waals surface area contributed by atoms with Gasteiger partial charge in [-0.05, 0) is 75.8 Å². The van der Waals surface area contributed by atoms with E-state index in [1.54, 1.807) is 18.2 Å². The van der Waals surface area contributed by atoms with Crippen LogP contribution in [0.15, 0.2) is 104 Å². The van der Waals surface area contributed by atoms with Gasteiger partial charge >= 0.3 is 0 Å². The fourth-order valence-electron chi connectivity index (χ4n) is 6.52. The summed E-state index contributed by atoms with van der Waals surface area (Å²) in [7, 11) is 0. The van der Waals surface area contributed by atoms with Crippen molar-refractivity contribution in [3.05, 3.63) is 105 Å². The summed E-state index contributed by atoms with van der Waals surface area (Å²) in [6.07, 6.45) is 3.38. The predicted molar refractivity (Wildman–Crippen MR) is 182 cm³/mol. The molecule has 3 aromatic carbocycles. The molecule has 0 aromatic heterocycles. The third-order valence-electron chi connectivity index (χ3n) is 8.87. The lowest BCUT2D eigenvalue weighted by Gasteiger charge is -2.28. The molecule has 0 bridgehead atoms. The topological polar surface area (TPSA) is 111 Å². The molecule has 9 nitrogen and oxygen atoms in total. The van der Waals surface area contributed by atoms with E-state index < -0.39 is 5.54 Å². The lowest BCUT2D eigenvalue weighted by atomic mass is 9.82. The maximum Gasteiger partial charge on any atom is 0.277 e. The summed E-state index contributed by atoms with van der Waals surface area (Å²) in [6, 6.07) is 18.9. The molecule has 3 aliphatic heterocycles. The molecule has 47 heavy (non-hydrogen) atoms. The van der Waals surface area contributed by atoms with Crippen molar-refractivity contribution in [2.24, 2.45) is 5.10 Å². The maximum atomic E-state index is 13.5. The number of aliphatic hydroxyl groups is 1. The van der Waals surface area contributed by atoms with Gasteiger partial charge in [0.1, 0.15) is 5.76 Å². The van der Waals surface area contributed by atoms with Crippen LogP contribution in [0.4, 0.5) is 5.69 Å². The molecule has 0 radical (unpaired) electrons. The van der Waals surface area contributed by atoms with Crippen LogP contribution in [0.3, 0.4) is 0 Å². The highest BCUT2D eigenvalue weighted by Crippen LogP contribution is 2.48. The summed E-state index contributed by atoms with van der Waals surface area (Å²) in [5, 5.41) is 19.4. The molecule has 0 fully saturated rings. The normalized spacial score (nSPS) is 20.2. The van der Waals surface area contributed by atoms with E-state index in [1.807, 2.05) is 76.2 Å². The number of ketones is 1. The third kappa shape index (κ3) is 4.90. The molecule has 3 amide bonds. The molecule has 10 heteroatoms. The Bertz CT molecular complexity index is 2000. The minimum Gasteiger partial charge on any atom is -0.506 e. The number of para-hydroxylation sites is 1. The number of hydrogen-bond donors (Lipinski definition) is 1. The van der Waals surface area contributed by atoms with Crippen LogP contribution in [0, 0.1) is 0 Å². The van der Waals surface area contributed by atoms with Gasteiger partial charge in [-0.15, -0.1) is 0 Å². The van der Waals surface area contributed by atoms with Gasteiger partial charge in [0.25, 0.3) is 17.7 Å². The number of imide groups is 1. The number of unbranched alkanes of at least 4 members (excludes halogenated alkanes) is 1. The largest absolute Gasteiger partial charge is 0.506 e. The van der Waals surface area contributed by atoms with Gasteiger partial charge in [-0.25, -0.2) is 5.01 Å². The van der Waals surface area contributed by atoms with E-state index in [2.05, 4.69) is 10.0 Å². The number of hydrogen-bond acceptors (Lipinski definition) is 8. The third-order valence-corrected chi connectivity index (χ3v) is 9.99. The lowest BCUT2D eigenvalue weighted by Crippen LogP contribution is -2.41. The Labute approximate surface area is 276 Å². The molecule has 1 aliphatic carbocycles. The van der Waals surface area contributed by atoms with Crippen LogP contribution in [0.5, 0.6) is 0 Å². The molecule has 0 atom stereocenters. The highest BCUT2D eigenvalue weighted by Gasteiger charge is 2.45. The molecule has 0 saturated carbocycles. The van der Waals surface area contributed by atoms with Crippen LogP contribution in [-0.4, -0.2) is 62.9 Å². The number of nitrogens with zero attached hydrogens (tertiary/aromatic N) is 4. The first-order valence-corrected chi connectivity index (χ1v) is 16.6. The molecular weight excluding hydrogens is 612 g/mol. The van der Waals surface area contributed by atoms with Gasteiger partial charge in [-0.3, -0.25) is 24.1 Å². The molecule has 0 saturated heterocycles. The number of aliphatic hydroxyl groups excluding tert-OH is 1. The lowest BCUT2D eigenvalue weighted by molar-refractivity contribution is -0.130. The van der Waals surface area contributed by atoms with E-state index in [4.69, 9.17) is 0 Å². The zero-order chi connectivity index (χ0) is 33.2.